The number of rotatable bonds is 4. The van der Waals surface area contributed by atoms with Crippen LogP contribution >= 0.6 is 0 Å². The van der Waals surface area contributed by atoms with Gasteiger partial charge in [-0.05, 0) is 57.8 Å². The van der Waals surface area contributed by atoms with Gasteiger partial charge in [-0.1, -0.05) is 24.3 Å². The Bertz CT molecular complexity index is 539. The Kier molecular flexibility index (Phi) is 5.65. The molecule has 5 heteroatoms. The van der Waals surface area contributed by atoms with Gasteiger partial charge in [0.2, 0.25) is 0 Å². The average molecular weight is 319 g/mol. The van der Waals surface area contributed by atoms with Crippen molar-refractivity contribution in [3.8, 4) is 0 Å². The molecule has 0 saturated carbocycles. The van der Waals surface area contributed by atoms with E-state index >= 15 is 0 Å². The number of nitrogens with two attached hydrogens (primary N) is 1. The zero-order valence-electron chi connectivity index (χ0n) is 14.6. The van der Waals surface area contributed by atoms with Gasteiger partial charge in [0.25, 0.3) is 0 Å². The van der Waals surface area contributed by atoms with E-state index in [2.05, 4.69) is 29.4 Å². The number of hydrogen-bond acceptors (Lipinski definition) is 4. The van der Waals surface area contributed by atoms with Crippen LogP contribution in [0.3, 0.4) is 0 Å². The zero-order chi connectivity index (χ0) is 17.0. The Morgan fingerprint density at radius 2 is 2.17 bits per heavy atom. The molecule has 1 aliphatic heterocycles. The van der Waals surface area contributed by atoms with Crippen molar-refractivity contribution in [3.63, 3.8) is 0 Å². The standard InChI is InChI=1S/C18H29N3O2/c1-18(2,3)23-17(22)20-11-13-6-5-7-15(8-13)16-9-14(10-19)12-21(16)4/h5-8,14,16H,9-12,19H2,1-4H3,(H,20,22). The molecule has 0 bridgehead atoms. The van der Waals surface area contributed by atoms with Crippen LogP contribution in [0.15, 0.2) is 24.3 Å². The van der Waals surface area contributed by atoms with Crippen LogP contribution in [0.25, 0.3) is 0 Å². The largest absolute Gasteiger partial charge is 0.444 e. The molecule has 5 nitrogen and oxygen atoms in total. The third kappa shape index (κ3) is 5.22. The topological polar surface area (TPSA) is 67.6 Å². The molecule has 128 valence electrons. The first-order chi connectivity index (χ1) is 10.8. The smallest absolute Gasteiger partial charge is 0.407 e. The second-order valence-corrected chi connectivity index (χ2v) is 7.39. The number of likely N-dealkylation sites (tertiary alicyclic amines) is 1. The van der Waals surface area contributed by atoms with E-state index in [9.17, 15) is 4.79 Å². The molecular formula is C18H29N3O2. The van der Waals surface area contributed by atoms with E-state index in [1.54, 1.807) is 0 Å². The molecule has 2 rings (SSSR count). The number of benzene rings is 1. The molecule has 1 aliphatic rings. The number of hydrogen-bond donors (Lipinski definition) is 2. The fraction of sp³-hybridized carbons (Fsp3) is 0.611. The van der Waals surface area contributed by atoms with E-state index in [1.807, 2.05) is 32.9 Å². The molecule has 1 amide bonds. The minimum atomic E-state index is -0.476. The molecule has 1 fully saturated rings. The van der Waals surface area contributed by atoms with E-state index in [4.69, 9.17) is 10.5 Å². The molecule has 1 heterocycles. The van der Waals surface area contributed by atoms with Gasteiger partial charge in [0, 0.05) is 19.1 Å². The molecule has 23 heavy (non-hydrogen) atoms. The van der Waals surface area contributed by atoms with Crippen LogP contribution in [-0.2, 0) is 11.3 Å². The Morgan fingerprint density at radius 1 is 1.43 bits per heavy atom. The first kappa shape index (κ1) is 17.8. The van der Waals surface area contributed by atoms with Crippen LogP contribution in [0.4, 0.5) is 4.79 Å². The number of amides is 1. The SMILES string of the molecule is CN1CC(CN)CC1c1cccc(CNC(=O)OC(C)(C)C)c1. The third-order valence-corrected chi connectivity index (χ3v) is 4.14. The van der Waals surface area contributed by atoms with Crippen molar-refractivity contribution >= 4 is 6.09 Å². The molecule has 1 aromatic carbocycles. The summed E-state index contributed by atoms with van der Waals surface area (Å²) in [6.45, 7) is 7.83. The molecule has 0 spiro atoms. The monoisotopic (exact) mass is 319 g/mol. The van der Waals surface area contributed by atoms with E-state index in [0.717, 1.165) is 25.1 Å². The van der Waals surface area contributed by atoms with Gasteiger partial charge in [0.15, 0.2) is 0 Å². The predicted molar refractivity (Wildman–Crippen MR) is 92.0 cm³/mol. The maximum absolute atomic E-state index is 11.8. The lowest BCUT2D eigenvalue weighted by Crippen LogP contribution is -2.32. The highest BCUT2D eigenvalue weighted by Crippen LogP contribution is 2.33. The van der Waals surface area contributed by atoms with Crippen molar-refractivity contribution in [2.75, 3.05) is 20.1 Å². The number of carbonyl (C=O) groups is 1. The molecule has 3 N–H and O–H groups in total. The van der Waals surface area contributed by atoms with Crippen LogP contribution in [0, 0.1) is 5.92 Å². The van der Waals surface area contributed by atoms with Gasteiger partial charge in [-0.3, -0.25) is 4.90 Å². The second-order valence-electron chi connectivity index (χ2n) is 7.39. The summed E-state index contributed by atoms with van der Waals surface area (Å²) in [4.78, 5) is 14.1. The molecule has 0 radical (unpaired) electrons. The van der Waals surface area contributed by atoms with Gasteiger partial charge in [0.05, 0.1) is 0 Å². The van der Waals surface area contributed by atoms with E-state index in [0.29, 0.717) is 18.5 Å². The summed E-state index contributed by atoms with van der Waals surface area (Å²) in [6.07, 6.45) is 0.708. The normalized spacial score (nSPS) is 22.1. The minimum absolute atomic E-state index is 0.385. The Labute approximate surface area is 139 Å². The van der Waals surface area contributed by atoms with Crippen LogP contribution in [0.2, 0.25) is 0 Å². The summed E-state index contributed by atoms with van der Waals surface area (Å²) < 4.78 is 5.26. The van der Waals surface area contributed by atoms with Crippen molar-refractivity contribution in [2.24, 2.45) is 11.7 Å². The third-order valence-electron chi connectivity index (χ3n) is 4.14. The van der Waals surface area contributed by atoms with Gasteiger partial charge in [-0.15, -0.1) is 0 Å². The van der Waals surface area contributed by atoms with Crippen LogP contribution < -0.4 is 11.1 Å². The summed E-state index contributed by atoms with van der Waals surface area (Å²) in [5.41, 5.74) is 7.70. The Balaban J connectivity index is 1.96. The number of nitrogens with zero attached hydrogens (tertiary/aromatic N) is 1. The van der Waals surface area contributed by atoms with Gasteiger partial charge in [0.1, 0.15) is 5.60 Å². The molecule has 0 aromatic heterocycles. The number of alkyl carbamates (subject to hydrolysis) is 1. The molecule has 2 atom stereocenters. The lowest BCUT2D eigenvalue weighted by atomic mass is 9.98. The van der Waals surface area contributed by atoms with E-state index in [-0.39, 0.29) is 6.09 Å². The highest BCUT2D eigenvalue weighted by molar-refractivity contribution is 5.67. The molecule has 1 aromatic rings. The summed E-state index contributed by atoms with van der Waals surface area (Å²) in [5.74, 6) is 0.563. The van der Waals surface area contributed by atoms with E-state index in [1.165, 1.54) is 5.56 Å². The van der Waals surface area contributed by atoms with E-state index < -0.39 is 5.60 Å². The van der Waals surface area contributed by atoms with Crippen LogP contribution in [-0.4, -0.2) is 36.7 Å². The highest BCUT2D eigenvalue weighted by Gasteiger charge is 2.29. The van der Waals surface area contributed by atoms with Gasteiger partial charge < -0.3 is 15.8 Å². The summed E-state index contributed by atoms with van der Waals surface area (Å²) >= 11 is 0. The van der Waals surface area contributed by atoms with Crippen LogP contribution in [0.5, 0.6) is 0 Å². The van der Waals surface area contributed by atoms with Gasteiger partial charge >= 0.3 is 6.09 Å². The van der Waals surface area contributed by atoms with Gasteiger partial charge in [-0.2, -0.15) is 0 Å². The lowest BCUT2D eigenvalue weighted by molar-refractivity contribution is 0.0523. The summed E-state index contributed by atoms with van der Waals surface area (Å²) in [7, 11) is 2.14. The molecule has 2 unspecified atom stereocenters. The fourth-order valence-electron chi connectivity index (χ4n) is 3.06. The maximum atomic E-state index is 11.8. The zero-order valence-corrected chi connectivity index (χ0v) is 14.6. The first-order valence-corrected chi connectivity index (χ1v) is 8.24. The highest BCUT2D eigenvalue weighted by atomic mass is 16.6. The second kappa shape index (κ2) is 7.32. The first-order valence-electron chi connectivity index (χ1n) is 8.24. The van der Waals surface area contributed by atoms with Crippen molar-refractivity contribution in [3.05, 3.63) is 35.4 Å². The summed E-state index contributed by atoms with van der Waals surface area (Å²) in [5, 5.41) is 2.81. The quantitative estimate of drug-likeness (QED) is 0.895. The van der Waals surface area contributed by atoms with Gasteiger partial charge in [-0.25, -0.2) is 4.79 Å². The molecule has 0 aliphatic carbocycles. The van der Waals surface area contributed by atoms with Crippen molar-refractivity contribution in [1.29, 1.82) is 0 Å². The number of carbonyl (C=O) groups excluding carboxylic acids is 1. The predicted octanol–water partition coefficient (Wildman–Crippen LogP) is 2.66. The fourth-order valence-corrected chi connectivity index (χ4v) is 3.06. The lowest BCUT2D eigenvalue weighted by Gasteiger charge is -2.21. The maximum Gasteiger partial charge on any atom is 0.407 e. The Hall–Kier alpha value is -1.59. The molecular weight excluding hydrogens is 290 g/mol. The average Bonchev–Trinajstić information content (AvgIpc) is 2.85. The number of ether oxygens (including phenoxy) is 1. The van der Waals surface area contributed by atoms with Crippen LogP contribution in [0.1, 0.15) is 44.4 Å². The van der Waals surface area contributed by atoms with Crippen molar-refractivity contribution < 1.29 is 9.53 Å². The minimum Gasteiger partial charge on any atom is -0.444 e. The summed E-state index contributed by atoms with van der Waals surface area (Å²) in [6, 6.07) is 8.79. The number of nitrogens with one attached hydrogen (secondary N) is 1. The Morgan fingerprint density at radius 3 is 2.78 bits per heavy atom. The van der Waals surface area contributed by atoms with Crippen molar-refractivity contribution in [2.45, 2.75) is 45.4 Å². The molecule has 1 saturated heterocycles. The van der Waals surface area contributed by atoms with Crippen molar-refractivity contribution in [1.82, 2.24) is 10.2 Å².